The molecule has 2 heterocycles. The van der Waals surface area contributed by atoms with Crippen molar-refractivity contribution >= 4 is 26.7 Å². The maximum absolute atomic E-state index is 12.9. The normalized spacial score (nSPS) is 18.9. The SMILES string of the molecule is CNC1CCCN(C(=O)c2oc3ccccc3c2CS(C)(=O)=O)C1. The number of piperidine rings is 1. The van der Waals surface area contributed by atoms with Crippen molar-refractivity contribution in [2.24, 2.45) is 0 Å². The van der Waals surface area contributed by atoms with Crippen LogP contribution >= 0.6 is 0 Å². The van der Waals surface area contributed by atoms with E-state index in [1.165, 1.54) is 6.26 Å². The van der Waals surface area contributed by atoms with E-state index >= 15 is 0 Å². The summed E-state index contributed by atoms with van der Waals surface area (Å²) in [5.74, 6) is -0.280. The molecule has 1 aliphatic heterocycles. The van der Waals surface area contributed by atoms with Crippen molar-refractivity contribution in [2.45, 2.75) is 24.6 Å². The Morgan fingerprint density at radius 1 is 1.38 bits per heavy atom. The van der Waals surface area contributed by atoms with Crippen LogP contribution in [0.4, 0.5) is 0 Å². The molecule has 0 saturated carbocycles. The van der Waals surface area contributed by atoms with Crippen LogP contribution in [0.15, 0.2) is 28.7 Å². The number of furan rings is 1. The van der Waals surface area contributed by atoms with E-state index in [0.717, 1.165) is 12.8 Å². The van der Waals surface area contributed by atoms with Crippen molar-refractivity contribution in [1.82, 2.24) is 10.2 Å². The Hall–Kier alpha value is -1.86. The molecule has 0 bridgehead atoms. The van der Waals surface area contributed by atoms with E-state index in [9.17, 15) is 13.2 Å². The third-order valence-electron chi connectivity index (χ3n) is 4.42. The molecule has 3 rings (SSSR count). The molecule has 1 unspecified atom stereocenters. The summed E-state index contributed by atoms with van der Waals surface area (Å²) in [4.78, 5) is 14.7. The van der Waals surface area contributed by atoms with Gasteiger partial charge in [0.25, 0.3) is 5.91 Å². The molecule has 1 amide bonds. The first-order valence-corrected chi connectivity index (χ1v) is 10.1. The number of sulfone groups is 1. The van der Waals surface area contributed by atoms with Gasteiger partial charge in [0, 0.05) is 36.3 Å². The zero-order valence-corrected chi connectivity index (χ0v) is 14.7. The van der Waals surface area contributed by atoms with E-state index in [1.54, 1.807) is 17.0 Å². The Morgan fingerprint density at radius 2 is 2.12 bits per heavy atom. The van der Waals surface area contributed by atoms with Crippen LogP contribution in [0.5, 0.6) is 0 Å². The highest BCUT2D eigenvalue weighted by Gasteiger charge is 2.29. The predicted molar refractivity (Wildman–Crippen MR) is 92.7 cm³/mol. The molecular weight excluding hydrogens is 328 g/mol. The van der Waals surface area contributed by atoms with Crippen LogP contribution in [0, 0.1) is 0 Å². The molecule has 2 aromatic rings. The van der Waals surface area contributed by atoms with Gasteiger partial charge >= 0.3 is 0 Å². The molecule has 1 aliphatic rings. The molecule has 130 valence electrons. The fraction of sp³-hybridized carbons (Fsp3) is 0.471. The summed E-state index contributed by atoms with van der Waals surface area (Å²) in [7, 11) is -1.40. The van der Waals surface area contributed by atoms with Crippen molar-refractivity contribution in [2.75, 3.05) is 26.4 Å². The van der Waals surface area contributed by atoms with Crippen LogP contribution in [0.1, 0.15) is 29.0 Å². The number of rotatable bonds is 4. The number of amides is 1. The van der Waals surface area contributed by atoms with Crippen molar-refractivity contribution in [3.8, 4) is 0 Å². The minimum absolute atomic E-state index is 0.151. The summed E-state index contributed by atoms with van der Waals surface area (Å²) in [6, 6.07) is 7.43. The number of fused-ring (bicyclic) bond motifs is 1. The van der Waals surface area contributed by atoms with E-state index in [1.807, 2.05) is 19.2 Å². The maximum atomic E-state index is 12.9. The second-order valence-corrected chi connectivity index (χ2v) is 8.50. The van der Waals surface area contributed by atoms with Crippen LogP contribution in [-0.2, 0) is 15.6 Å². The van der Waals surface area contributed by atoms with Gasteiger partial charge in [-0.15, -0.1) is 0 Å². The molecular formula is C17H22N2O4S. The first kappa shape index (κ1) is 17.0. The van der Waals surface area contributed by atoms with Crippen molar-refractivity contribution in [1.29, 1.82) is 0 Å². The number of nitrogens with one attached hydrogen (secondary N) is 1. The third kappa shape index (κ3) is 3.47. The first-order chi connectivity index (χ1) is 11.4. The van der Waals surface area contributed by atoms with Gasteiger partial charge in [-0.2, -0.15) is 0 Å². The van der Waals surface area contributed by atoms with Gasteiger partial charge in [0.1, 0.15) is 5.58 Å². The molecule has 1 aromatic carbocycles. The minimum Gasteiger partial charge on any atom is -0.451 e. The zero-order chi connectivity index (χ0) is 17.3. The summed E-state index contributed by atoms with van der Waals surface area (Å²) in [5.41, 5.74) is 1.01. The molecule has 1 saturated heterocycles. The van der Waals surface area contributed by atoms with Gasteiger partial charge in [0.05, 0.1) is 5.75 Å². The topological polar surface area (TPSA) is 79.6 Å². The Labute approximate surface area is 141 Å². The summed E-state index contributed by atoms with van der Waals surface area (Å²) in [5, 5.41) is 3.89. The average Bonchev–Trinajstić information content (AvgIpc) is 2.91. The molecule has 24 heavy (non-hydrogen) atoms. The van der Waals surface area contributed by atoms with Gasteiger partial charge < -0.3 is 14.6 Å². The molecule has 0 spiro atoms. The summed E-state index contributed by atoms with van der Waals surface area (Å²) < 4.78 is 29.4. The number of hydrogen-bond donors (Lipinski definition) is 1. The summed E-state index contributed by atoms with van der Waals surface area (Å²) >= 11 is 0. The summed E-state index contributed by atoms with van der Waals surface area (Å²) in [6.07, 6.45) is 3.11. The first-order valence-electron chi connectivity index (χ1n) is 8.03. The number of likely N-dealkylation sites (N-methyl/N-ethyl adjacent to an activating group) is 1. The molecule has 1 N–H and O–H groups in total. The molecule has 1 fully saturated rings. The van der Waals surface area contributed by atoms with Gasteiger partial charge in [-0.05, 0) is 26.0 Å². The van der Waals surface area contributed by atoms with Gasteiger partial charge in [0.15, 0.2) is 15.6 Å². The number of nitrogens with zero attached hydrogens (tertiary/aromatic N) is 1. The van der Waals surface area contributed by atoms with Crippen LogP contribution in [0.2, 0.25) is 0 Å². The Morgan fingerprint density at radius 3 is 2.83 bits per heavy atom. The monoisotopic (exact) mass is 350 g/mol. The minimum atomic E-state index is -3.28. The largest absolute Gasteiger partial charge is 0.451 e. The Balaban J connectivity index is 2.01. The molecule has 1 atom stereocenters. The number of likely N-dealkylation sites (tertiary alicyclic amines) is 1. The quantitative estimate of drug-likeness (QED) is 0.909. The lowest BCUT2D eigenvalue weighted by atomic mass is 10.0. The van der Waals surface area contributed by atoms with Gasteiger partial charge in [-0.3, -0.25) is 4.79 Å². The third-order valence-corrected chi connectivity index (χ3v) is 5.23. The molecule has 0 radical (unpaired) electrons. The van der Waals surface area contributed by atoms with E-state index in [4.69, 9.17) is 4.42 Å². The van der Waals surface area contributed by atoms with Crippen LogP contribution in [0.25, 0.3) is 11.0 Å². The predicted octanol–water partition coefficient (Wildman–Crippen LogP) is 1.80. The lowest BCUT2D eigenvalue weighted by Gasteiger charge is -2.32. The second-order valence-electron chi connectivity index (χ2n) is 6.35. The van der Waals surface area contributed by atoms with Crippen LogP contribution in [-0.4, -0.2) is 51.7 Å². The van der Waals surface area contributed by atoms with E-state index in [2.05, 4.69) is 5.32 Å². The highest BCUT2D eigenvalue weighted by atomic mass is 32.2. The molecule has 6 nitrogen and oxygen atoms in total. The van der Waals surface area contributed by atoms with Gasteiger partial charge in [-0.1, -0.05) is 18.2 Å². The lowest BCUT2D eigenvalue weighted by molar-refractivity contribution is 0.0667. The number of para-hydroxylation sites is 1. The molecule has 0 aliphatic carbocycles. The Kier molecular flexibility index (Phi) is 4.64. The maximum Gasteiger partial charge on any atom is 0.289 e. The van der Waals surface area contributed by atoms with E-state index < -0.39 is 9.84 Å². The molecule has 7 heteroatoms. The molecule has 1 aromatic heterocycles. The van der Waals surface area contributed by atoms with Crippen LogP contribution in [0.3, 0.4) is 0 Å². The number of carbonyl (C=O) groups excluding carboxylic acids is 1. The van der Waals surface area contributed by atoms with Crippen molar-refractivity contribution in [3.05, 3.63) is 35.6 Å². The highest BCUT2D eigenvalue weighted by molar-refractivity contribution is 7.89. The summed E-state index contributed by atoms with van der Waals surface area (Å²) in [6.45, 7) is 1.26. The van der Waals surface area contributed by atoms with Crippen molar-refractivity contribution in [3.63, 3.8) is 0 Å². The zero-order valence-electron chi connectivity index (χ0n) is 13.9. The number of hydrogen-bond acceptors (Lipinski definition) is 5. The van der Waals surface area contributed by atoms with Gasteiger partial charge in [-0.25, -0.2) is 8.42 Å². The number of benzene rings is 1. The van der Waals surface area contributed by atoms with E-state index in [0.29, 0.717) is 29.6 Å². The second kappa shape index (κ2) is 6.57. The average molecular weight is 350 g/mol. The lowest BCUT2D eigenvalue weighted by Crippen LogP contribution is -2.47. The fourth-order valence-electron chi connectivity index (χ4n) is 3.22. The van der Waals surface area contributed by atoms with E-state index in [-0.39, 0.29) is 23.5 Å². The Bertz CT molecular complexity index is 857. The number of carbonyl (C=O) groups is 1. The highest BCUT2D eigenvalue weighted by Crippen LogP contribution is 2.29. The van der Waals surface area contributed by atoms with Crippen molar-refractivity contribution < 1.29 is 17.6 Å². The van der Waals surface area contributed by atoms with Gasteiger partial charge in [0.2, 0.25) is 0 Å². The smallest absolute Gasteiger partial charge is 0.289 e. The fourth-order valence-corrected chi connectivity index (χ4v) is 4.03. The standard InChI is InChI=1S/C17H22N2O4S/c1-18-12-6-5-9-19(10-12)17(20)16-14(11-24(2,21)22)13-7-3-4-8-15(13)23-16/h3-4,7-8,12,18H,5-6,9-11H2,1-2H3. The van der Waals surface area contributed by atoms with Crippen LogP contribution < -0.4 is 5.32 Å².